The molecule has 0 fully saturated rings. The predicted molar refractivity (Wildman–Crippen MR) is 108 cm³/mol. The van der Waals surface area contributed by atoms with Crippen LogP contribution in [0.2, 0.25) is 0 Å². The molecule has 0 radical (unpaired) electrons. The van der Waals surface area contributed by atoms with Crippen LogP contribution >= 0.6 is 0 Å². The summed E-state index contributed by atoms with van der Waals surface area (Å²) in [4.78, 5) is 12.3. The fourth-order valence-electron chi connectivity index (χ4n) is 2.42. The zero-order valence-corrected chi connectivity index (χ0v) is 17.3. The quantitative estimate of drug-likeness (QED) is 0.585. The van der Waals surface area contributed by atoms with Gasteiger partial charge < -0.3 is 14.8 Å². The van der Waals surface area contributed by atoms with Crippen molar-refractivity contribution in [3.8, 4) is 11.5 Å². The molecule has 0 spiro atoms. The molecule has 1 N–H and O–H groups in total. The summed E-state index contributed by atoms with van der Waals surface area (Å²) in [6.45, 7) is -0.299. The van der Waals surface area contributed by atoms with Gasteiger partial charge in [-0.2, -0.15) is 12.7 Å². The van der Waals surface area contributed by atoms with E-state index in [4.69, 9.17) is 9.47 Å². The van der Waals surface area contributed by atoms with E-state index >= 15 is 0 Å². The third-order valence-electron chi connectivity index (χ3n) is 3.90. The summed E-state index contributed by atoms with van der Waals surface area (Å²) >= 11 is 0. The zero-order valence-electron chi connectivity index (χ0n) is 16.5. The maximum Gasteiger partial charge on any atom is 0.304 e. The van der Waals surface area contributed by atoms with Crippen molar-refractivity contribution in [2.75, 3.05) is 45.2 Å². The summed E-state index contributed by atoms with van der Waals surface area (Å²) in [7, 11) is 0.0616. The molecule has 2 aromatic carbocycles. The molecule has 0 aromatic heterocycles. The molecule has 10 heteroatoms. The van der Waals surface area contributed by atoms with E-state index in [2.05, 4.69) is 5.32 Å². The van der Waals surface area contributed by atoms with E-state index in [1.165, 1.54) is 39.4 Å². The fourth-order valence-corrected chi connectivity index (χ4v) is 3.49. The number of hydrogen-bond donors (Lipinski definition) is 1. The first kappa shape index (κ1) is 22.4. The van der Waals surface area contributed by atoms with Gasteiger partial charge in [0.25, 0.3) is 0 Å². The maximum absolute atomic E-state index is 14.2. The molecule has 0 bridgehead atoms. The monoisotopic (exact) mass is 425 g/mol. The Labute approximate surface area is 170 Å². The average molecular weight is 425 g/mol. The van der Waals surface area contributed by atoms with Gasteiger partial charge in [-0.05, 0) is 24.3 Å². The van der Waals surface area contributed by atoms with Gasteiger partial charge in [0.1, 0.15) is 19.0 Å². The molecule has 1 amide bonds. The van der Waals surface area contributed by atoms with E-state index in [0.717, 1.165) is 14.7 Å². The van der Waals surface area contributed by atoms with Crippen LogP contribution in [0, 0.1) is 5.82 Å². The lowest BCUT2D eigenvalue weighted by molar-refractivity contribution is -0.119. The molecule has 0 heterocycles. The van der Waals surface area contributed by atoms with Gasteiger partial charge in [-0.15, -0.1) is 0 Å². The van der Waals surface area contributed by atoms with Crippen LogP contribution in [0.25, 0.3) is 0 Å². The van der Waals surface area contributed by atoms with E-state index < -0.39 is 28.5 Å². The van der Waals surface area contributed by atoms with E-state index in [9.17, 15) is 17.6 Å². The van der Waals surface area contributed by atoms with Gasteiger partial charge in [-0.1, -0.05) is 24.3 Å². The first-order valence-electron chi connectivity index (χ1n) is 8.74. The number of nitrogens with one attached hydrogen (secondary N) is 1. The summed E-state index contributed by atoms with van der Waals surface area (Å²) in [5, 5.41) is 2.57. The Balaban J connectivity index is 2.00. The molecule has 29 heavy (non-hydrogen) atoms. The first-order chi connectivity index (χ1) is 13.8. The number of carbonyl (C=O) groups is 1. The van der Waals surface area contributed by atoms with Crippen molar-refractivity contribution in [2.45, 2.75) is 0 Å². The van der Waals surface area contributed by atoms with Gasteiger partial charge in [0.15, 0.2) is 11.5 Å². The minimum absolute atomic E-state index is 0.129. The van der Waals surface area contributed by atoms with Crippen LogP contribution in [0.3, 0.4) is 0 Å². The van der Waals surface area contributed by atoms with Crippen LogP contribution in [-0.4, -0.2) is 59.5 Å². The Morgan fingerprint density at radius 3 is 2.31 bits per heavy atom. The van der Waals surface area contributed by atoms with Crippen LogP contribution in [0.5, 0.6) is 11.5 Å². The van der Waals surface area contributed by atoms with Crippen LogP contribution in [0.15, 0.2) is 48.5 Å². The summed E-state index contributed by atoms with van der Waals surface area (Å²) < 4.78 is 51.7. The molecule has 0 unspecified atom stereocenters. The molecule has 2 aromatic rings. The van der Waals surface area contributed by atoms with Gasteiger partial charge in [-0.25, -0.2) is 8.70 Å². The number of amides is 1. The highest BCUT2D eigenvalue weighted by Gasteiger charge is 2.29. The number of rotatable bonds is 10. The Hall–Kier alpha value is -2.85. The normalized spacial score (nSPS) is 11.2. The predicted octanol–water partition coefficient (Wildman–Crippen LogP) is 1.64. The van der Waals surface area contributed by atoms with Crippen molar-refractivity contribution in [1.82, 2.24) is 9.62 Å². The summed E-state index contributed by atoms with van der Waals surface area (Å²) in [6, 6.07) is 12.4. The lowest BCUT2D eigenvalue weighted by Gasteiger charge is -2.27. The van der Waals surface area contributed by atoms with Gasteiger partial charge in [0, 0.05) is 14.1 Å². The Morgan fingerprint density at radius 2 is 1.69 bits per heavy atom. The van der Waals surface area contributed by atoms with Gasteiger partial charge in [-0.3, -0.25) is 4.79 Å². The van der Waals surface area contributed by atoms with E-state index in [-0.39, 0.29) is 18.8 Å². The average Bonchev–Trinajstić information content (AvgIpc) is 2.70. The van der Waals surface area contributed by atoms with Crippen molar-refractivity contribution in [3.05, 3.63) is 54.3 Å². The molecule has 158 valence electrons. The molecule has 0 atom stereocenters. The first-order valence-corrected chi connectivity index (χ1v) is 10.1. The van der Waals surface area contributed by atoms with Gasteiger partial charge in [0.2, 0.25) is 5.91 Å². The number of hydrogen-bond acceptors (Lipinski definition) is 5. The molecule has 0 saturated heterocycles. The molecule has 0 aliphatic heterocycles. The van der Waals surface area contributed by atoms with Crippen molar-refractivity contribution in [2.24, 2.45) is 0 Å². The fraction of sp³-hybridized carbons (Fsp3) is 0.316. The second-order valence-electron chi connectivity index (χ2n) is 6.10. The molecule has 0 saturated carbocycles. The summed E-state index contributed by atoms with van der Waals surface area (Å²) in [6.07, 6.45) is 0. The molecular weight excluding hydrogens is 401 g/mol. The Bertz CT molecular complexity index is 937. The SMILES string of the molecule is COc1ccccc1OCCNC(=O)CN(c1ccccc1F)S(=O)(=O)N(C)C. The number of benzene rings is 2. The third-order valence-corrected chi connectivity index (χ3v) is 5.70. The zero-order chi connectivity index (χ0) is 21.4. The Kier molecular flexibility index (Phi) is 7.80. The van der Waals surface area contributed by atoms with Crippen molar-refractivity contribution in [1.29, 1.82) is 0 Å². The number of nitrogens with zero attached hydrogens (tertiary/aromatic N) is 2. The minimum atomic E-state index is -4.07. The number of anilines is 1. The number of para-hydroxylation sites is 3. The third kappa shape index (κ3) is 5.81. The molecule has 0 aliphatic carbocycles. The van der Waals surface area contributed by atoms with Gasteiger partial charge in [0.05, 0.1) is 19.3 Å². The van der Waals surface area contributed by atoms with Crippen LogP contribution in [-0.2, 0) is 15.0 Å². The summed E-state index contributed by atoms with van der Waals surface area (Å²) in [5.41, 5.74) is -0.207. The van der Waals surface area contributed by atoms with Crippen molar-refractivity contribution >= 4 is 21.8 Å². The maximum atomic E-state index is 14.2. The van der Waals surface area contributed by atoms with Crippen LogP contribution in [0.4, 0.5) is 10.1 Å². The highest BCUT2D eigenvalue weighted by molar-refractivity contribution is 7.90. The molecule has 0 aliphatic rings. The van der Waals surface area contributed by atoms with Crippen LogP contribution < -0.4 is 19.1 Å². The lowest BCUT2D eigenvalue weighted by atomic mass is 10.3. The van der Waals surface area contributed by atoms with E-state index in [1.54, 1.807) is 24.3 Å². The van der Waals surface area contributed by atoms with E-state index in [1.807, 2.05) is 0 Å². The van der Waals surface area contributed by atoms with Crippen molar-refractivity contribution < 1.29 is 27.1 Å². The summed E-state index contributed by atoms with van der Waals surface area (Å²) in [5.74, 6) is -0.262. The Morgan fingerprint density at radius 1 is 1.07 bits per heavy atom. The number of carbonyl (C=O) groups excluding carboxylic acids is 1. The molecule has 2 rings (SSSR count). The number of halogens is 1. The van der Waals surface area contributed by atoms with Crippen molar-refractivity contribution in [3.63, 3.8) is 0 Å². The standard InChI is InChI=1S/C19H24FN3O5S/c1-22(2)29(25,26)23(16-9-5-4-8-15(16)20)14-19(24)21-12-13-28-18-11-7-6-10-17(18)27-3/h4-11H,12-14H2,1-3H3,(H,21,24). The largest absolute Gasteiger partial charge is 0.493 e. The van der Waals surface area contributed by atoms with E-state index in [0.29, 0.717) is 11.5 Å². The molecule has 8 nitrogen and oxygen atoms in total. The van der Waals surface area contributed by atoms with Gasteiger partial charge >= 0.3 is 10.2 Å². The number of ether oxygens (including phenoxy) is 2. The highest BCUT2D eigenvalue weighted by Crippen LogP contribution is 2.25. The lowest BCUT2D eigenvalue weighted by Crippen LogP contribution is -2.46. The second kappa shape index (κ2) is 10.1. The number of methoxy groups -OCH3 is 1. The molecular formula is C19H24FN3O5S. The smallest absolute Gasteiger partial charge is 0.304 e. The minimum Gasteiger partial charge on any atom is -0.493 e. The second-order valence-corrected chi connectivity index (χ2v) is 8.16. The van der Waals surface area contributed by atoms with Crippen LogP contribution in [0.1, 0.15) is 0 Å². The topological polar surface area (TPSA) is 88.2 Å². The highest BCUT2D eigenvalue weighted by atomic mass is 32.2.